The number of hydrogen-bond donors (Lipinski definition) is 0. The van der Waals surface area contributed by atoms with E-state index in [2.05, 4.69) is 17.9 Å². The standard InChI is InChI=1S/C11H14N2OS/c1-8-9(2)15-11(10(8)7-12)13-3-5-14-6-4-13/h3-6H2,1-2H3. The first kappa shape index (κ1) is 10.5. The second kappa shape index (κ2) is 4.21. The Morgan fingerprint density at radius 3 is 2.60 bits per heavy atom. The van der Waals surface area contributed by atoms with Crippen LogP contribution in [0.25, 0.3) is 0 Å². The fourth-order valence-electron chi connectivity index (χ4n) is 1.73. The zero-order valence-electron chi connectivity index (χ0n) is 9.04. The van der Waals surface area contributed by atoms with Crippen molar-refractivity contribution in [2.75, 3.05) is 31.2 Å². The summed E-state index contributed by atoms with van der Waals surface area (Å²) >= 11 is 1.72. The smallest absolute Gasteiger partial charge is 0.110 e. The molecule has 2 rings (SSSR count). The highest BCUT2D eigenvalue weighted by Gasteiger charge is 2.19. The topological polar surface area (TPSA) is 36.3 Å². The van der Waals surface area contributed by atoms with Crippen LogP contribution in [0, 0.1) is 25.2 Å². The van der Waals surface area contributed by atoms with Gasteiger partial charge < -0.3 is 9.64 Å². The minimum absolute atomic E-state index is 0.765. The lowest BCUT2D eigenvalue weighted by Crippen LogP contribution is -2.36. The summed E-state index contributed by atoms with van der Waals surface area (Å²) in [5, 5.41) is 10.3. The molecule has 80 valence electrons. The van der Waals surface area contributed by atoms with Crippen LogP contribution in [0.3, 0.4) is 0 Å². The third kappa shape index (κ3) is 1.85. The Morgan fingerprint density at radius 1 is 1.33 bits per heavy atom. The Bertz CT molecular complexity index is 399. The molecule has 0 unspecified atom stereocenters. The minimum atomic E-state index is 0.765. The van der Waals surface area contributed by atoms with Crippen LogP contribution >= 0.6 is 11.3 Å². The third-order valence-electron chi connectivity index (χ3n) is 2.78. The van der Waals surface area contributed by atoms with Gasteiger partial charge in [0.25, 0.3) is 0 Å². The molecule has 1 aliphatic heterocycles. The van der Waals surface area contributed by atoms with Crippen molar-refractivity contribution in [1.29, 1.82) is 5.26 Å². The number of ether oxygens (including phenoxy) is 1. The fourth-order valence-corrected chi connectivity index (χ4v) is 2.89. The lowest BCUT2D eigenvalue weighted by molar-refractivity contribution is 0.123. The molecule has 0 radical (unpaired) electrons. The van der Waals surface area contributed by atoms with Crippen LogP contribution in [-0.4, -0.2) is 26.3 Å². The third-order valence-corrected chi connectivity index (χ3v) is 4.04. The molecule has 0 spiro atoms. The maximum atomic E-state index is 9.14. The summed E-state index contributed by atoms with van der Waals surface area (Å²) in [6, 6.07) is 2.31. The first-order valence-corrected chi connectivity index (χ1v) is 5.88. The van der Waals surface area contributed by atoms with Crippen molar-refractivity contribution in [3.05, 3.63) is 16.0 Å². The van der Waals surface area contributed by atoms with Gasteiger partial charge in [-0.1, -0.05) is 0 Å². The molecule has 0 N–H and O–H groups in total. The maximum absolute atomic E-state index is 9.14. The molecule has 0 saturated carbocycles. The highest BCUT2D eigenvalue weighted by atomic mass is 32.1. The van der Waals surface area contributed by atoms with Crippen molar-refractivity contribution in [3.63, 3.8) is 0 Å². The molecule has 1 aromatic heterocycles. The average molecular weight is 222 g/mol. The van der Waals surface area contributed by atoms with Gasteiger partial charge in [-0.15, -0.1) is 11.3 Å². The molecular weight excluding hydrogens is 208 g/mol. The van der Waals surface area contributed by atoms with Crippen LogP contribution in [0.15, 0.2) is 0 Å². The molecule has 0 atom stereocenters. The Labute approximate surface area is 93.9 Å². The Hall–Kier alpha value is -1.05. The molecule has 4 heteroatoms. The predicted octanol–water partition coefficient (Wildman–Crippen LogP) is 2.07. The summed E-state index contributed by atoms with van der Waals surface area (Å²) in [5.74, 6) is 0. The van der Waals surface area contributed by atoms with E-state index in [0.29, 0.717) is 0 Å². The zero-order valence-corrected chi connectivity index (χ0v) is 9.86. The summed E-state index contributed by atoms with van der Waals surface area (Å²) < 4.78 is 5.31. The molecule has 15 heavy (non-hydrogen) atoms. The van der Waals surface area contributed by atoms with E-state index in [1.807, 2.05) is 6.92 Å². The van der Waals surface area contributed by atoms with Gasteiger partial charge in [0.15, 0.2) is 0 Å². The summed E-state index contributed by atoms with van der Waals surface area (Å²) in [4.78, 5) is 3.50. The monoisotopic (exact) mass is 222 g/mol. The van der Waals surface area contributed by atoms with Crippen molar-refractivity contribution in [2.45, 2.75) is 13.8 Å². The van der Waals surface area contributed by atoms with E-state index in [9.17, 15) is 0 Å². The molecule has 0 aromatic carbocycles. The van der Waals surface area contributed by atoms with Crippen molar-refractivity contribution in [2.24, 2.45) is 0 Å². The SMILES string of the molecule is Cc1sc(N2CCOCC2)c(C#N)c1C. The summed E-state index contributed by atoms with van der Waals surface area (Å²) in [6.45, 7) is 7.42. The van der Waals surface area contributed by atoms with E-state index in [1.54, 1.807) is 11.3 Å². The van der Waals surface area contributed by atoms with Gasteiger partial charge in [-0.2, -0.15) is 5.26 Å². The molecule has 0 aliphatic carbocycles. The Morgan fingerprint density at radius 2 is 2.00 bits per heavy atom. The second-order valence-electron chi connectivity index (χ2n) is 3.67. The maximum Gasteiger partial charge on any atom is 0.110 e. The number of nitriles is 1. The Balaban J connectivity index is 2.35. The van der Waals surface area contributed by atoms with Crippen molar-refractivity contribution in [3.8, 4) is 6.07 Å². The molecule has 1 saturated heterocycles. The van der Waals surface area contributed by atoms with Gasteiger partial charge in [0, 0.05) is 18.0 Å². The van der Waals surface area contributed by atoms with Crippen LogP contribution in [0.2, 0.25) is 0 Å². The van der Waals surface area contributed by atoms with Crippen LogP contribution in [0.5, 0.6) is 0 Å². The van der Waals surface area contributed by atoms with Crippen LogP contribution in [-0.2, 0) is 4.74 Å². The largest absolute Gasteiger partial charge is 0.378 e. The Kier molecular flexibility index (Phi) is 2.94. The number of morpholine rings is 1. The summed E-state index contributed by atoms with van der Waals surface area (Å²) in [5.41, 5.74) is 1.98. The molecule has 2 heterocycles. The van der Waals surface area contributed by atoms with Gasteiger partial charge >= 0.3 is 0 Å². The number of aryl methyl sites for hydroxylation is 1. The molecule has 0 bridgehead atoms. The number of nitrogens with zero attached hydrogens (tertiary/aromatic N) is 2. The van der Waals surface area contributed by atoms with Crippen LogP contribution < -0.4 is 4.90 Å². The zero-order chi connectivity index (χ0) is 10.8. The van der Waals surface area contributed by atoms with Crippen LogP contribution in [0.1, 0.15) is 16.0 Å². The van der Waals surface area contributed by atoms with E-state index in [4.69, 9.17) is 10.00 Å². The van der Waals surface area contributed by atoms with Gasteiger partial charge in [-0.05, 0) is 19.4 Å². The normalized spacial score (nSPS) is 16.5. The molecule has 1 aromatic rings. The van der Waals surface area contributed by atoms with Crippen molar-refractivity contribution >= 4 is 16.3 Å². The number of hydrogen-bond acceptors (Lipinski definition) is 4. The van der Waals surface area contributed by atoms with E-state index in [1.165, 1.54) is 4.88 Å². The van der Waals surface area contributed by atoms with E-state index in [0.717, 1.165) is 42.4 Å². The van der Waals surface area contributed by atoms with Gasteiger partial charge in [-0.3, -0.25) is 0 Å². The van der Waals surface area contributed by atoms with Crippen molar-refractivity contribution in [1.82, 2.24) is 0 Å². The van der Waals surface area contributed by atoms with E-state index < -0.39 is 0 Å². The van der Waals surface area contributed by atoms with Gasteiger partial charge in [0.1, 0.15) is 11.1 Å². The summed E-state index contributed by atoms with van der Waals surface area (Å²) in [7, 11) is 0. The van der Waals surface area contributed by atoms with Gasteiger partial charge in [-0.25, -0.2) is 0 Å². The lowest BCUT2D eigenvalue weighted by Gasteiger charge is -2.27. The molecule has 0 amide bonds. The van der Waals surface area contributed by atoms with E-state index >= 15 is 0 Å². The van der Waals surface area contributed by atoms with Crippen LogP contribution in [0.4, 0.5) is 5.00 Å². The van der Waals surface area contributed by atoms with Crippen molar-refractivity contribution < 1.29 is 4.74 Å². The van der Waals surface area contributed by atoms with E-state index in [-0.39, 0.29) is 0 Å². The second-order valence-corrected chi connectivity index (χ2v) is 4.88. The lowest BCUT2D eigenvalue weighted by atomic mass is 10.2. The molecule has 3 nitrogen and oxygen atoms in total. The predicted molar refractivity (Wildman–Crippen MR) is 61.5 cm³/mol. The average Bonchev–Trinajstić information content (AvgIpc) is 2.56. The van der Waals surface area contributed by atoms with Gasteiger partial charge in [0.2, 0.25) is 0 Å². The molecule has 1 fully saturated rings. The summed E-state index contributed by atoms with van der Waals surface area (Å²) in [6.07, 6.45) is 0. The molecule has 1 aliphatic rings. The number of anilines is 1. The number of thiophene rings is 1. The first-order valence-electron chi connectivity index (χ1n) is 5.07. The van der Waals surface area contributed by atoms with Gasteiger partial charge in [0.05, 0.1) is 18.8 Å². The highest BCUT2D eigenvalue weighted by molar-refractivity contribution is 7.16. The first-order chi connectivity index (χ1) is 7.24. The highest BCUT2D eigenvalue weighted by Crippen LogP contribution is 2.34. The molecular formula is C11H14N2OS. The fraction of sp³-hybridized carbons (Fsp3) is 0.545. The quantitative estimate of drug-likeness (QED) is 0.730. The minimum Gasteiger partial charge on any atom is -0.378 e. The number of rotatable bonds is 1.